The summed E-state index contributed by atoms with van der Waals surface area (Å²) < 4.78 is 53.0. The van der Waals surface area contributed by atoms with Crippen molar-refractivity contribution in [2.75, 3.05) is 70.0 Å². The number of carbonyl (C=O) groups is 4. The van der Waals surface area contributed by atoms with E-state index in [1.165, 1.54) is 11.0 Å². The number of amides is 4. The number of esters is 1. The number of hydrogen-bond donors (Lipinski definition) is 2. The molecule has 1 atom stereocenters. The van der Waals surface area contributed by atoms with Gasteiger partial charge in [-0.3, -0.25) is 9.59 Å². The number of unbranched alkanes of at least 4 members (excludes halogenated alkanes) is 2. The number of benzene rings is 2. The summed E-state index contributed by atoms with van der Waals surface area (Å²) in [6, 6.07) is 9.52. The average Bonchev–Trinajstić information content (AvgIpc) is 3.40. The fourth-order valence-corrected chi connectivity index (χ4v) is 9.26. The molecule has 4 aliphatic rings. The molecule has 0 aromatic heterocycles. The monoisotopic (exact) mass is 846 g/mol. The number of likely N-dealkylation sites (tertiary alicyclic amines) is 3. The largest absolute Gasteiger partial charge is 0.466 e. The first-order valence-corrected chi connectivity index (χ1v) is 21.6. The predicted molar refractivity (Wildman–Crippen MR) is 219 cm³/mol. The lowest BCUT2D eigenvalue weighted by atomic mass is 9.78. The zero-order valence-corrected chi connectivity index (χ0v) is 34.7. The minimum Gasteiger partial charge on any atom is -0.466 e. The van der Waals surface area contributed by atoms with Crippen LogP contribution in [0.5, 0.6) is 0 Å². The smallest absolute Gasteiger partial charge is 0.418 e. The van der Waals surface area contributed by atoms with Crippen molar-refractivity contribution in [3.8, 4) is 0 Å². The maximum Gasteiger partial charge on any atom is 0.418 e. The van der Waals surface area contributed by atoms with Gasteiger partial charge in [-0.2, -0.15) is 13.2 Å². The molecule has 0 bridgehead atoms. The van der Waals surface area contributed by atoms with E-state index in [0.29, 0.717) is 70.3 Å². The first kappa shape index (κ1) is 44.3. The van der Waals surface area contributed by atoms with E-state index in [2.05, 4.69) is 17.1 Å². The van der Waals surface area contributed by atoms with Gasteiger partial charge in [0.1, 0.15) is 0 Å². The minimum absolute atomic E-state index is 0.0703. The van der Waals surface area contributed by atoms with Gasteiger partial charge in [0, 0.05) is 57.4 Å². The maximum absolute atomic E-state index is 14.2. The van der Waals surface area contributed by atoms with Crippen LogP contribution in [0.4, 0.5) is 34.1 Å². The highest BCUT2D eigenvalue weighted by Crippen LogP contribution is 2.39. The lowest BCUT2D eigenvalue weighted by Crippen LogP contribution is -2.52. The number of fused-ring (bicyclic) bond motifs is 1. The Bertz CT molecular complexity index is 1780. The zero-order valence-electron chi connectivity index (χ0n) is 34.0. The second kappa shape index (κ2) is 20.3. The fourth-order valence-electron chi connectivity index (χ4n) is 9.02. The molecule has 2 aromatic carbocycles. The molecule has 1 unspecified atom stereocenters. The van der Waals surface area contributed by atoms with Crippen molar-refractivity contribution in [1.29, 1.82) is 0 Å². The summed E-state index contributed by atoms with van der Waals surface area (Å²) in [6.45, 7) is 7.02. The Morgan fingerprint density at radius 3 is 2.25 bits per heavy atom. The third-order valence-electron chi connectivity index (χ3n) is 12.5. The van der Waals surface area contributed by atoms with Gasteiger partial charge in [-0.05, 0) is 106 Å². The number of nitrogens with two attached hydrogens (primary N) is 1. The molecule has 12 nitrogen and oxygen atoms in total. The van der Waals surface area contributed by atoms with Gasteiger partial charge in [0.05, 0.1) is 29.3 Å². The van der Waals surface area contributed by atoms with Gasteiger partial charge in [0.2, 0.25) is 0 Å². The van der Waals surface area contributed by atoms with E-state index in [1.54, 1.807) is 9.80 Å². The number of ether oxygens (including phenoxy) is 2. The van der Waals surface area contributed by atoms with E-state index < -0.39 is 35.5 Å². The average molecular weight is 847 g/mol. The summed E-state index contributed by atoms with van der Waals surface area (Å²) in [4.78, 5) is 60.4. The summed E-state index contributed by atoms with van der Waals surface area (Å²) >= 11 is 6.15. The Kier molecular flexibility index (Phi) is 15.3. The SMILES string of the molecule is CCCCCOC(=O)CCN1CCC(C2CCN(C(=O)C(Cc3cc(Cl)c(N)c(C(F)(F)F)c3)OC(=O)N3CCC(N4CCc5ccccc5NC4=O)CC3)CC2)CC1. The summed E-state index contributed by atoms with van der Waals surface area (Å²) in [6.07, 6.45) is 1.37. The van der Waals surface area contributed by atoms with Gasteiger partial charge in [0.25, 0.3) is 5.91 Å². The molecular weight excluding hydrogens is 789 g/mol. The maximum atomic E-state index is 14.2. The van der Waals surface area contributed by atoms with E-state index in [-0.39, 0.29) is 48.1 Å². The van der Waals surface area contributed by atoms with Crippen LogP contribution in [-0.2, 0) is 38.1 Å². The van der Waals surface area contributed by atoms with Crippen molar-refractivity contribution in [1.82, 2.24) is 19.6 Å². The number of halogens is 4. The summed E-state index contributed by atoms with van der Waals surface area (Å²) in [5.41, 5.74) is 5.88. The van der Waals surface area contributed by atoms with Gasteiger partial charge >= 0.3 is 24.3 Å². The highest BCUT2D eigenvalue weighted by Gasteiger charge is 2.39. The molecule has 59 heavy (non-hydrogen) atoms. The van der Waals surface area contributed by atoms with Crippen molar-refractivity contribution in [2.24, 2.45) is 11.8 Å². The number of carbonyl (C=O) groups excluding carboxylic acids is 4. The fraction of sp³-hybridized carbons (Fsp3) is 0.628. The van der Waals surface area contributed by atoms with Crippen molar-refractivity contribution in [3.63, 3.8) is 0 Å². The molecule has 0 spiro atoms. The molecule has 16 heteroatoms. The minimum atomic E-state index is -4.78. The topological polar surface area (TPSA) is 138 Å². The molecule has 4 heterocycles. The number of nitrogens with zero attached hydrogens (tertiary/aromatic N) is 4. The van der Waals surface area contributed by atoms with E-state index in [9.17, 15) is 32.3 Å². The number of para-hydroxylation sites is 1. The molecule has 4 amide bonds. The number of nitrogen functional groups attached to an aromatic ring is 1. The first-order valence-electron chi connectivity index (χ1n) is 21.2. The number of rotatable bonds is 13. The Morgan fingerprint density at radius 2 is 1.58 bits per heavy atom. The number of piperidine rings is 3. The van der Waals surface area contributed by atoms with Gasteiger partial charge in [-0.15, -0.1) is 0 Å². The number of hydrogen-bond acceptors (Lipinski definition) is 8. The van der Waals surface area contributed by atoms with Crippen LogP contribution in [0, 0.1) is 11.8 Å². The zero-order chi connectivity index (χ0) is 42.1. The summed E-state index contributed by atoms with van der Waals surface area (Å²) in [5.74, 6) is 0.261. The third kappa shape index (κ3) is 11.7. The Labute approximate surface area is 349 Å². The van der Waals surface area contributed by atoms with Crippen molar-refractivity contribution in [3.05, 3.63) is 58.1 Å². The summed E-state index contributed by atoms with van der Waals surface area (Å²) in [7, 11) is 0. The molecule has 6 rings (SSSR count). The lowest BCUT2D eigenvalue weighted by molar-refractivity contribution is -0.144. The van der Waals surface area contributed by atoms with Crippen molar-refractivity contribution in [2.45, 2.75) is 102 Å². The molecule has 2 aromatic rings. The predicted octanol–water partition coefficient (Wildman–Crippen LogP) is 7.62. The van der Waals surface area contributed by atoms with Crippen LogP contribution >= 0.6 is 11.6 Å². The molecule has 0 radical (unpaired) electrons. The highest BCUT2D eigenvalue weighted by atomic mass is 35.5. The molecule has 3 fully saturated rings. The van der Waals surface area contributed by atoms with Crippen LogP contribution in [0.15, 0.2) is 36.4 Å². The standard InChI is InChI=1S/C43H58ClF3N6O6/c1-2-3-6-25-58-38(54)16-19-50-17-9-30(10-18-50)31-11-20-51(21-12-31)40(55)37(28-29-26-34(43(45,46)47)39(48)35(44)27-29)59-42(57)52-22-14-33(15-23-52)53-24-13-32-7-4-5-8-36(32)49-41(53)56/h4-5,7-8,26-27,30-31,33,37H,2-3,6,9-25,28,48H2,1H3,(H,49,56). The molecule has 4 aliphatic heterocycles. The number of alkyl halides is 3. The van der Waals surface area contributed by atoms with Gasteiger partial charge in [-0.25, -0.2) is 9.59 Å². The number of urea groups is 1. The molecular formula is C43H58ClF3N6O6. The summed E-state index contributed by atoms with van der Waals surface area (Å²) in [5, 5.41) is 2.69. The Hall–Kier alpha value is -4.24. The van der Waals surface area contributed by atoms with Crippen LogP contribution in [0.3, 0.4) is 0 Å². The third-order valence-corrected chi connectivity index (χ3v) is 12.8. The Balaban J connectivity index is 1.04. The Morgan fingerprint density at radius 1 is 0.915 bits per heavy atom. The van der Waals surface area contributed by atoms with Crippen molar-refractivity contribution >= 4 is 47.0 Å². The van der Waals surface area contributed by atoms with Gasteiger partial charge in [-0.1, -0.05) is 49.6 Å². The molecule has 324 valence electrons. The second-order valence-corrected chi connectivity index (χ2v) is 16.8. The van der Waals surface area contributed by atoms with E-state index in [1.807, 2.05) is 24.3 Å². The van der Waals surface area contributed by atoms with Crippen LogP contribution in [-0.4, -0.2) is 115 Å². The molecule has 0 aliphatic carbocycles. The van der Waals surface area contributed by atoms with E-state index in [4.69, 9.17) is 26.8 Å². The van der Waals surface area contributed by atoms with Crippen LogP contribution < -0.4 is 11.1 Å². The van der Waals surface area contributed by atoms with Crippen molar-refractivity contribution < 1.29 is 41.8 Å². The first-order chi connectivity index (χ1) is 28.3. The van der Waals surface area contributed by atoms with Crippen LogP contribution in [0.25, 0.3) is 0 Å². The number of anilines is 2. The van der Waals surface area contributed by atoms with E-state index in [0.717, 1.165) is 75.4 Å². The normalized spacial score (nSPS) is 19.5. The van der Waals surface area contributed by atoms with Crippen LogP contribution in [0.1, 0.15) is 87.8 Å². The van der Waals surface area contributed by atoms with Gasteiger partial charge < -0.3 is 40.1 Å². The molecule has 0 saturated carbocycles. The van der Waals surface area contributed by atoms with Gasteiger partial charge in [0.15, 0.2) is 6.10 Å². The van der Waals surface area contributed by atoms with E-state index >= 15 is 0 Å². The lowest BCUT2D eigenvalue weighted by Gasteiger charge is -2.41. The second-order valence-electron chi connectivity index (χ2n) is 16.4. The number of nitrogens with one attached hydrogen (secondary N) is 1. The molecule has 3 saturated heterocycles. The quantitative estimate of drug-likeness (QED) is 0.119. The van der Waals surface area contributed by atoms with Crippen LogP contribution in [0.2, 0.25) is 5.02 Å². The molecule has 3 N–H and O–H groups in total. The highest BCUT2D eigenvalue weighted by molar-refractivity contribution is 6.33.